The van der Waals surface area contributed by atoms with E-state index in [-0.39, 0.29) is 18.3 Å². The van der Waals surface area contributed by atoms with Gasteiger partial charge in [0.25, 0.3) is 0 Å². The molecule has 5 nitrogen and oxygen atoms in total. The van der Waals surface area contributed by atoms with Gasteiger partial charge in [-0.1, -0.05) is 0 Å². The van der Waals surface area contributed by atoms with E-state index in [0.717, 1.165) is 11.1 Å². The zero-order valence-corrected chi connectivity index (χ0v) is 12.7. The molecule has 0 aliphatic rings. The largest absolute Gasteiger partial charge is 0.462 e. The number of aromatic nitrogens is 1. The molecule has 0 unspecified atom stereocenters. The Morgan fingerprint density at radius 2 is 2.05 bits per heavy atom. The topological polar surface area (TPSA) is 68.3 Å². The van der Waals surface area contributed by atoms with E-state index in [4.69, 9.17) is 4.74 Å². The Morgan fingerprint density at radius 3 is 2.71 bits per heavy atom. The predicted octanol–water partition coefficient (Wildman–Crippen LogP) is 2.81. The monoisotopic (exact) mass is 304 g/mol. The maximum absolute atomic E-state index is 12.0. The standard InChI is InChI=1S/C15H16N2O3S/c1-3-20-15(19)14-10(2)8-13(21-14)17-12(18)9-11-4-6-16-7-5-11/h4-8H,3,9H2,1-2H3,(H,17,18). The number of esters is 1. The first-order valence-electron chi connectivity index (χ1n) is 6.56. The number of ether oxygens (including phenoxy) is 1. The minimum Gasteiger partial charge on any atom is -0.462 e. The predicted molar refractivity (Wildman–Crippen MR) is 81.6 cm³/mol. The van der Waals surface area contributed by atoms with E-state index in [0.29, 0.717) is 16.5 Å². The number of aryl methyl sites for hydroxylation is 1. The molecule has 0 aliphatic carbocycles. The zero-order chi connectivity index (χ0) is 15.2. The molecular weight excluding hydrogens is 288 g/mol. The highest BCUT2D eigenvalue weighted by Gasteiger charge is 2.15. The van der Waals surface area contributed by atoms with Gasteiger partial charge in [-0.3, -0.25) is 9.78 Å². The van der Waals surface area contributed by atoms with Crippen LogP contribution in [0.3, 0.4) is 0 Å². The third-order valence-electron chi connectivity index (χ3n) is 2.76. The fourth-order valence-electron chi connectivity index (χ4n) is 1.81. The van der Waals surface area contributed by atoms with Crippen molar-refractivity contribution >= 4 is 28.2 Å². The van der Waals surface area contributed by atoms with Crippen LogP contribution in [0, 0.1) is 6.92 Å². The lowest BCUT2D eigenvalue weighted by Crippen LogP contribution is -2.13. The summed E-state index contributed by atoms with van der Waals surface area (Å²) in [5.41, 5.74) is 1.69. The average molecular weight is 304 g/mol. The van der Waals surface area contributed by atoms with Gasteiger partial charge in [-0.25, -0.2) is 4.79 Å². The van der Waals surface area contributed by atoms with E-state index in [2.05, 4.69) is 10.3 Å². The van der Waals surface area contributed by atoms with Gasteiger partial charge in [0, 0.05) is 12.4 Å². The Labute approximate surface area is 127 Å². The van der Waals surface area contributed by atoms with Crippen LogP contribution in [0.25, 0.3) is 0 Å². The third-order valence-corrected chi connectivity index (χ3v) is 3.89. The molecule has 0 aromatic carbocycles. The van der Waals surface area contributed by atoms with E-state index in [1.807, 2.05) is 6.92 Å². The molecule has 2 heterocycles. The zero-order valence-electron chi connectivity index (χ0n) is 11.9. The van der Waals surface area contributed by atoms with Crippen LogP contribution in [0.2, 0.25) is 0 Å². The molecule has 0 radical (unpaired) electrons. The number of carbonyl (C=O) groups excluding carboxylic acids is 2. The molecule has 0 saturated carbocycles. The Bertz CT molecular complexity index is 638. The highest BCUT2D eigenvalue weighted by Crippen LogP contribution is 2.27. The van der Waals surface area contributed by atoms with Gasteiger partial charge in [0.1, 0.15) is 4.88 Å². The molecule has 6 heteroatoms. The number of hydrogen-bond acceptors (Lipinski definition) is 5. The van der Waals surface area contributed by atoms with Gasteiger partial charge in [-0.05, 0) is 43.2 Å². The molecule has 0 spiro atoms. The fraction of sp³-hybridized carbons (Fsp3) is 0.267. The molecule has 0 atom stereocenters. The highest BCUT2D eigenvalue weighted by molar-refractivity contribution is 7.18. The number of nitrogens with one attached hydrogen (secondary N) is 1. The highest BCUT2D eigenvalue weighted by atomic mass is 32.1. The van der Waals surface area contributed by atoms with Gasteiger partial charge in [-0.2, -0.15) is 0 Å². The summed E-state index contributed by atoms with van der Waals surface area (Å²) in [5.74, 6) is -0.479. The van der Waals surface area contributed by atoms with Crippen molar-refractivity contribution in [2.24, 2.45) is 0 Å². The van der Waals surface area contributed by atoms with E-state index < -0.39 is 0 Å². The summed E-state index contributed by atoms with van der Waals surface area (Å²) in [6, 6.07) is 5.37. The van der Waals surface area contributed by atoms with Crippen molar-refractivity contribution in [3.05, 3.63) is 46.6 Å². The van der Waals surface area contributed by atoms with Gasteiger partial charge in [0.15, 0.2) is 0 Å². The quantitative estimate of drug-likeness (QED) is 0.862. The van der Waals surface area contributed by atoms with E-state index in [1.165, 1.54) is 11.3 Å². The number of carbonyl (C=O) groups is 2. The number of amides is 1. The summed E-state index contributed by atoms with van der Waals surface area (Å²) in [4.78, 5) is 28.1. The molecule has 2 aromatic rings. The second kappa shape index (κ2) is 6.99. The normalized spacial score (nSPS) is 10.2. The first-order valence-corrected chi connectivity index (χ1v) is 7.38. The molecule has 0 fully saturated rings. The second-order valence-electron chi connectivity index (χ2n) is 4.42. The summed E-state index contributed by atoms with van der Waals surface area (Å²) >= 11 is 1.23. The molecule has 110 valence electrons. The van der Waals surface area contributed by atoms with Crippen LogP contribution in [0.5, 0.6) is 0 Å². The number of nitrogens with zero attached hydrogens (tertiary/aromatic N) is 1. The summed E-state index contributed by atoms with van der Waals surface area (Å²) in [6.07, 6.45) is 3.57. The summed E-state index contributed by atoms with van der Waals surface area (Å²) < 4.78 is 4.97. The smallest absolute Gasteiger partial charge is 0.348 e. The van der Waals surface area contributed by atoms with Crippen molar-refractivity contribution in [2.75, 3.05) is 11.9 Å². The minimum absolute atomic E-state index is 0.127. The summed E-state index contributed by atoms with van der Waals surface area (Å²) in [5, 5.41) is 3.45. The van der Waals surface area contributed by atoms with Crippen LogP contribution in [0.4, 0.5) is 5.00 Å². The van der Waals surface area contributed by atoms with Crippen LogP contribution >= 0.6 is 11.3 Å². The van der Waals surface area contributed by atoms with Crippen molar-refractivity contribution in [3.8, 4) is 0 Å². The molecule has 0 saturated heterocycles. The van der Waals surface area contributed by atoms with Crippen molar-refractivity contribution < 1.29 is 14.3 Å². The van der Waals surface area contributed by atoms with E-state index in [1.54, 1.807) is 37.5 Å². The van der Waals surface area contributed by atoms with Gasteiger partial charge >= 0.3 is 5.97 Å². The first kappa shape index (κ1) is 15.2. The van der Waals surface area contributed by atoms with Crippen molar-refractivity contribution in [2.45, 2.75) is 20.3 Å². The molecule has 0 aliphatic heterocycles. The molecule has 2 aromatic heterocycles. The number of pyridine rings is 1. The number of hydrogen-bond donors (Lipinski definition) is 1. The molecule has 1 N–H and O–H groups in total. The van der Waals surface area contributed by atoms with Gasteiger partial charge in [0.2, 0.25) is 5.91 Å². The Kier molecular flexibility index (Phi) is 5.05. The third kappa shape index (κ3) is 4.13. The fourth-order valence-corrected chi connectivity index (χ4v) is 2.79. The molecule has 2 rings (SSSR count). The Hall–Kier alpha value is -2.21. The van der Waals surface area contributed by atoms with Crippen molar-refractivity contribution in [1.82, 2.24) is 4.98 Å². The van der Waals surface area contributed by atoms with E-state index >= 15 is 0 Å². The van der Waals surface area contributed by atoms with Crippen molar-refractivity contribution in [1.29, 1.82) is 0 Å². The number of rotatable bonds is 5. The molecule has 21 heavy (non-hydrogen) atoms. The molecular formula is C15H16N2O3S. The van der Waals surface area contributed by atoms with Crippen molar-refractivity contribution in [3.63, 3.8) is 0 Å². The lowest BCUT2D eigenvalue weighted by Gasteiger charge is -2.02. The Morgan fingerprint density at radius 1 is 1.33 bits per heavy atom. The van der Waals surface area contributed by atoms with Gasteiger partial charge in [0.05, 0.1) is 18.0 Å². The first-order chi connectivity index (χ1) is 10.1. The molecule has 1 amide bonds. The van der Waals surface area contributed by atoms with Crippen LogP contribution in [-0.4, -0.2) is 23.5 Å². The summed E-state index contributed by atoms with van der Waals surface area (Å²) in [7, 11) is 0. The van der Waals surface area contributed by atoms with Gasteiger partial charge < -0.3 is 10.1 Å². The average Bonchev–Trinajstić information content (AvgIpc) is 2.80. The summed E-state index contributed by atoms with van der Waals surface area (Å²) in [6.45, 7) is 3.92. The number of thiophene rings is 1. The lowest BCUT2D eigenvalue weighted by atomic mass is 10.2. The maximum atomic E-state index is 12.0. The Balaban J connectivity index is 2.01. The second-order valence-corrected chi connectivity index (χ2v) is 5.48. The number of anilines is 1. The van der Waals surface area contributed by atoms with Crippen LogP contribution in [0.1, 0.15) is 27.7 Å². The molecule has 0 bridgehead atoms. The van der Waals surface area contributed by atoms with E-state index in [9.17, 15) is 9.59 Å². The van der Waals surface area contributed by atoms with Gasteiger partial charge in [-0.15, -0.1) is 11.3 Å². The lowest BCUT2D eigenvalue weighted by molar-refractivity contribution is -0.115. The van der Waals surface area contributed by atoms with Crippen LogP contribution < -0.4 is 5.32 Å². The SMILES string of the molecule is CCOC(=O)c1sc(NC(=O)Cc2ccncc2)cc1C. The van der Waals surface area contributed by atoms with Crippen LogP contribution in [-0.2, 0) is 16.0 Å². The minimum atomic E-state index is -0.352. The maximum Gasteiger partial charge on any atom is 0.348 e. The van der Waals surface area contributed by atoms with Crippen LogP contribution in [0.15, 0.2) is 30.6 Å².